The standard InChI is InChI=1S/C16H33N3O2/c1-16(2,3)14(8-9-18(4)5)17-15(21)19-10-6-13(12-20)7-11-19/h13-14,20H,6-12H2,1-5H3,(H,17,21). The van der Waals surface area contributed by atoms with Crippen molar-refractivity contribution in [3.05, 3.63) is 0 Å². The number of aliphatic hydroxyl groups is 1. The number of aliphatic hydroxyl groups excluding tert-OH is 1. The van der Waals surface area contributed by atoms with Crippen LogP contribution in [0.3, 0.4) is 0 Å². The van der Waals surface area contributed by atoms with Gasteiger partial charge in [-0.15, -0.1) is 0 Å². The van der Waals surface area contributed by atoms with Crippen LogP contribution in [0.1, 0.15) is 40.0 Å². The Morgan fingerprint density at radius 3 is 2.33 bits per heavy atom. The lowest BCUT2D eigenvalue weighted by atomic mass is 9.84. The fourth-order valence-electron chi connectivity index (χ4n) is 2.67. The lowest BCUT2D eigenvalue weighted by Gasteiger charge is -2.36. The second-order valence-electron chi connectivity index (χ2n) is 7.57. The fraction of sp³-hybridized carbons (Fsp3) is 0.938. The quantitative estimate of drug-likeness (QED) is 0.813. The predicted octanol–water partition coefficient (Wildman–Crippen LogP) is 1.77. The summed E-state index contributed by atoms with van der Waals surface area (Å²) in [5.41, 5.74) is 0.0507. The first-order valence-corrected chi connectivity index (χ1v) is 8.05. The minimum Gasteiger partial charge on any atom is -0.396 e. The van der Waals surface area contributed by atoms with Crippen molar-refractivity contribution in [3.8, 4) is 0 Å². The summed E-state index contributed by atoms with van der Waals surface area (Å²) in [5, 5.41) is 12.4. The van der Waals surface area contributed by atoms with Gasteiger partial charge in [0, 0.05) is 25.7 Å². The molecule has 124 valence electrons. The second kappa shape index (κ2) is 7.99. The molecule has 1 aliphatic heterocycles. The molecule has 21 heavy (non-hydrogen) atoms. The van der Waals surface area contributed by atoms with Crippen LogP contribution in [0.15, 0.2) is 0 Å². The minimum atomic E-state index is 0.0464. The Hall–Kier alpha value is -0.810. The number of urea groups is 1. The Morgan fingerprint density at radius 2 is 1.90 bits per heavy atom. The molecule has 1 unspecified atom stereocenters. The summed E-state index contributed by atoms with van der Waals surface area (Å²) in [5.74, 6) is 0.362. The van der Waals surface area contributed by atoms with Crippen molar-refractivity contribution in [1.82, 2.24) is 15.1 Å². The highest BCUT2D eigenvalue weighted by molar-refractivity contribution is 5.74. The van der Waals surface area contributed by atoms with Crippen molar-refractivity contribution in [2.45, 2.75) is 46.1 Å². The van der Waals surface area contributed by atoms with Gasteiger partial charge in [-0.2, -0.15) is 0 Å². The number of rotatable bonds is 5. The Morgan fingerprint density at radius 1 is 1.33 bits per heavy atom. The molecule has 1 rings (SSSR count). The lowest BCUT2D eigenvalue weighted by molar-refractivity contribution is 0.129. The number of amides is 2. The van der Waals surface area contributed by atoms with Gasteiger partial charge in [-0.1, -0.05) is 20.8 Å². The summed E-state index contributed by atoms with van der Waals surface area (Å²) in [7, 11) is 4.11. The van der Waals surface area contributed by atoms with Gasteiger partial charge in [-0.05, 0) is 51.2 Å². The zero-order valence-corrected chi connectivity index (χ0v) is 14.4. The third-order valence-corrected chi connectivity index (χ3v) is 4.37. The minimum absolute atomic E-state index is 0.0464. The Labute approximate surface area is 129 Å². The molecule has 0 aromatic carbocycles. The molecule has 0 bridgehead atoms. The molecule has 0 aromatic heterocycles. The third kappa shape index (κ3) is 6.22. The van der Waals surface area contributed by atoms with Crippen molar-refractivity contribution < 1.29 is 9.90 Å². The van der Waals surface area contributed by atoms with E-state index in [1.807, 2.05) is 4.90 Å². The van der Waals surface area contributed by atoms with Crippen molar-refractivity contribution in [2.24, 2.45) is 11.3 Å². The molecule has 0 aliphatic carbocycles. The molecule has 0 radical (unpaired) electrons. The molecule has 0 aromatic rings. The zero-order chi connectivity index (χ0) is 16.0. The van der Waals surface area contributed by atoms with Gasteiger partial charge in [0.1, 0.15) is 0 Å². The van der Waals surface area contributed by atoms with Crippen LogP contribution in [0.4, 0.5) is 4.79 Å². The maximum atomic E-state index is 12.4. The number of likely N-dealkylation sites (tertiary alicyclic amines) is 1. The summed E-state index contributed by atoms with van der Waals surface area (Å²) in [6.07, 6.45) is 2.76. The molecule has 1 fully saturated rings. The van der Waals surface area contributed by atoms with Crippen LogP contribution in [0.5, 0.6) is 0 Å². The first-order valence-electron chi connectivity index (χ1n) is 8.05. The Bertz CT molecular complexity index is 318. The van der Waals surface area contributed by atoms with E-state index in [9.17, 15) is 4.79 Å². The molecule has 1 saturated heterocycles. The fourth-order valence-corrected chi connectivity index (χ4v) is 2.67. The molecule has 2 N–H and O–H groups in total. The van der Waals surface area contributed by atoms with Crippen LogP contribution < -0.4 is 5.32 Å². The van der Waals surface area contributed by atoms with Crippen LogP contribution in [0.2, 0.25) is 0 Å². The van der Waals surface area contributed by atoms with Crippen LogP contribution in [-0.4, -0.2) is 67.3 Å². The first-order chi connectivity index (χ1) is 9.74. The molecule has 1 heterocycles. The molecule has 0 spiro atoms. The number of hydrogen-bond acceptors (Lipinski definition) is 3. The van der Waals surface area contributed by atoms with E-state index in [0.717, 1.165) is 38.9 Å². The van der Waals surface area contributed by atoms with E-state index >= 15 is 0 Å². The van der Waals surface area contributed by atoms with E-state index in [4.69, 9.17) is 5.11 Å². The largest absolute Gasteiger partial charge is 0.396 e. The van der Waals surface area contributed by atoms with Gasteiger partial charge >= 0.3 is 6.03 Å². The number of nitrogens with one attached hydrogen (secondary N) is 1. The SMILES string of the molecule is CN(C)CCC(NC(=O)N1CCC(CO)CC1)C(C)(C)C. The first kappa shape index (κ1) is 18.2. The number of piperidine rings is 1. The van der Waals surface area contributed by atoms with E-state index in [1.165, 1.54) is 0 Å². The molecular weight excluding hydrogens is 266 g/mol. The maximum Gasteiger partial charge on any atom is 0.317 e. The van der Waals surface area contributed by atoms with E-state index < -0.39 is 0 Å². The van der Waals surface area contributed by atoms with Crippen molar-refractivity contribution in [3.63, 3.8) is 0 Å². The van der Waals surface area contributed by atoms with Gasteiger partial charge in [0.05, 0.1) is 0 Å². The van der Waals surface area contributed by atoms with Gasteiger partial charge in [0.15, 0.2) is 0 Å². The van der Waals surface area contributed by atoms with Crippen LogP contribution >= 0.6 is 0 Å². The molecule has 1 aliphatic rings. The van der Waals surface area contributed by atoms with Gasteiger partial charge in [0.2, 0.25) is 0 Å². The summed E-state index contributed by atoms with van der Waals surface area (Å²) >= 11 is 0. The van der Waals surface area contributed by atoms with Gasteiger partial charge in [0.25, 0.3) is 0 Å². The lowest BCUT2D eigenvalue weighted by Crippen LogP contribution is -2.52. The normalized spacial score (nSPS) is 18.9. The third-order valence-electron chi connectivity index (χ3n) is 4.37. The average Bonchev–Trinajstić information content (AvgIpc) is 2.41. The smallest absolute Gasteiger partial charge is 0.317 e. The molecule has 2 amide bonds. The van der Waals surface area contributed by atoms with Crippen LogP contribution in [0, 0.1) is 11.3 Å². The van der Waals surface area contributed by atoms with E-state index in [2.05, 4.69) is 45.1 Å². The van der Waals surface area contributed by atoms with E-state index in [0.29, 0.717) is 5.92 Å². The molecule has 1 atom stereocenters. The second-order valence-corrected chi connectivity index (χ2v) is 7.57. The van der Waals surface area contributed by atoms with E-state index in [1.54, 1.807) is 0 Å². The number of carbonyl (C=O) groups is 1. The predicted molar refractivity (Wildman–Crippen MR) is 86.3 cm³/mol. The summed E-state index contributed by atoms with van der Waals surface area (Å²) < 4.78 is 0. The van der Waals surface area contributed by atoms with Gasteiger partial charge in [-0.3, -0.25) is 0 Å². The highest BCUT2D eigenvalue weighted by Gasteiger charge is 2.29. The Kier molecular flexibility index (Phi) is 6.94. The van der Waals surface area contributed by atoms with Crippen molar-refractivity contribution >= 4 is 6.03 Å². The average molecular weight is 299 g/mol. The topological polar surface area (TPSA) is 55.8 Å². The maximum absolute atomic E-state index is 12.4. The van der Waals surface area contributed by atoms with Crippen molar-refractivity contribution in [1.29, 1.82) is 0 Å². The van der Waals surface area contributed by atoms with Crippen molar-refractivity contribution in [2.75, 3.05) is 40.3 Å². The number of carbonyl (C=O) groups excluding carboxylic acids is 1. The van der Waals surface area contributed by atoms with Gasteiger partial charge < -0.3 is 20.2 Å². The summed E-state index contributed by atoms with van der Waals surface area (Å²) in [6, 6.07) is 0.216. The van der Waals surface area contributed by atoms with Gasteiger partial charge in [-0.25, -0.2) is 4.79 Å². The molecular formula is C16H33N3O2. The van der Waals surface area contributed by atoms with Crippen LogP contribution in [-0.2, 0) is 0 Å². The zero-order valence-electron chi connectivity index (χ0n) is 14.4. The number of hydrogen-bond donors (Lipinski definition) is 2. The highest BCUT2D eigenvalue weighted by Crippen LogP contribution is 2.23. The summed E-state index contributed by atoms with van der Waals surface area (Å²) in [4.78, 5) is 16.5. The van der Waals surface area contributed by atoms with E-state index in [-0.39, 0.29) is 24.1 Å². The molecule has 0 saturated carbocycles. The molecule has 5 nitrogen and oxygen atoms in total. The monoisotopic (exact) mass is 299 g/mol. The highest BCUT2D eigenvalue weighted by atomic mass is 16.3. The Balaban J connectivity index is 2.52. The van der Waals surface area contributed by atoms with Crippen LogP contribution in [0.25, 0.3) is 0 Å². The summed E-state index contributed by atoms with van der Waals surface area (Å²) in [6.45, 7) is 9.23. The number of nitrogens with zero attached hydrogens (tertiary/aromatic N) is 2. The molecule has 5 heteroatoms.